The molecule has 2 heteroatoms. The molecule has 21 heavy (non-hydrogen) atoms. The summed E-state index contributed by atoms with van der Waals surface area (Å²) in [5, 5.41) is 4.64. The SMILES string of the molecule is CCCCCC(CCCCC)NC(C)c1ccc(Cl)cc1. The van der Waals surface area contributed by atoms with Crippen LogP contribution >= 0.6 is 11.6 Å². The topological polar surface area (TPSA) is 12.0 Å². The minimum atomic E-state index is 0.399. The van der Waals surface area contributed by atoms with Crippen molar-refractivity contribution in [3.8, 4) is 0 Å². The molecule has 0 aliphatic rings. The van der Waals surface area contributed by atoms with E-state index in [-0.39, 0.29) is 0 Å². The third-order valence-corrected chi connectivity index (χ3v) is 4.42. The molecule has 0 amide bonds. The highest BCUT2D eigenvalue weighted by Gasteiger charge is 2.13. The van der Waals surface area contributed by atoms with E-state index >= 15 is 0 Å². The fourth-order valence-corrected chi connectivity index (χ4v) is 2.92. The minimum absolute atomic E-state index is 0.399. The molecule has 0 heterocycles. The van der Waals surface area contributed by atoms with Crippen molar-refractivity contribution >= 4 is 11.6 Å². The summed E-state index contributed by atoms with van der Waals surface area (Å²) in [6.45, 7) is 6.81. The Morgan fingerprint density at radius 2 is 1.43 bits per heavy atom. The molecule has 0 aliphatic carbocycles. The Morgan fingerprint density at radius 3 is 1.90 bits per heavy atom. The lowest BCUT2D eigenvalue weighted by Gasteiger charge is -2.24. The fourth-order valence-electron chi connectivity index (χ4n) is 2.79. The normalized spacial score (nSPS) is 12.8. The first-order valence-electron chi connectivity index (χ1n) is 8.68. The summed E-state index contributed by atoms with van der Waals surface area (Å²) in [7, 11) is 0. The van der Waals surface area contributed by atoms with Gasteiger partial charge in [-0.1, -0.05) is 76.1 Å². The Kier molecular flexibility index (Phi) is 9.78. The van der Waals surface area contributed by atoms with Crippen molar-refractivity contribution in [3.05, 3.63) is 34.9 Å². The van der Waals surface area contributed by atoms with E-state index in [9.17, 15) is 0 Å². The number of unbranched alkanes of at least 4 members (excludes halogenated alkanes) is 4. The molecule has 1 N–H and O–H groups in total. The van der Waals surface area contributed by atoms with E-state index in [0.717, 1.165) is 5.02 Å². The van der Waals surface area contributed by atoms with Gasteiger partial charge in [-0.15, -0.1) is 0 Å². The third-order valence-electron chi connectivity index (χ3n) is 4.17. The van der Waals surface area contributed by atoms with Crippen LogP contribution in [0.1, 0.15) is 83.7 Å². The number of hydrogen-bond acceptors (Lipinski definition) is 1. The highest BCUT2D eigenvalue weighted by atomic mass is 35.5. The van der Waals surface area contributed by atoms with E-state index in [4.69, 9.17) is 11.6 Å². The summed E-state index contributed by atoms with van der Waals surface area (Å²) in [5.74, 6) is 0. The van der Waals surface area contributed by atoms with Crippen molar-refractivity contribution < 1.29 is 0 Å². The summed E-state index contributed by atoms with van der Waals surface area (Å²) >= 11 is 5.97. The molecule has 1 atom stereocenters. The van der Waals surface area contributed by atoms with Crippen molar-refractivity contribution in [2.45, 2.75) is 84.2 Å². The second-order valence-electron chi connectivity index (χ2n) is 6.13. The first kappa shape index (κ1) is 18.5. The van der Waals surface area contributed by atoms with Crippen LogP contribution in [0.2, 0.25) is 5.02 Å². The summed E-state index contributed by atoms with van der Waals surface area (Å²) in [5.41, 5.74) is 1.33. The van der Waals surface area contributed by atoms with E-state index in [0.29, 0.717) is 12.1 Å². The number of hydrogen-bond donors (Lipinski definition) is 1. The van der Waals surface area contributed by atoms with Gasteiger partial charge < -0.3 is 5.32 Å². The van der Waals surface area contributed by atoms with Crippen molar-refractivity contribution in [2.24, 2.45) is 0 Å². The quantitative estimate of drug-likeness (QED) is 0.459. The van der Waals surface area contributed by atoms with Crippen LogP contribution in [0, 0.1) is 0 Å². The van der Waals surface area contributed by atoms with E-state index < -0.39 is 0 Å². The van der Waals surface area contributed by atoms with Crippen LogP contribution in [0.5, 0.6) is 0 Å². The van der Waals surface area contributed by atoms with Gasteiger partial charge in [0.1, 0.15) is 0 Å². The van der Waals surface area contributed by atoms with Crippen molar-refractivity contribution in [2.75, 3.05) is 0 Å². The smallest absolute Gasteiger partial charge is 0.0406 e. The van der Waals surface area contributed by atoms with E-state index in [2.05, 4.69) is 38.2 Å². The van der Waals surface area contributed by atoms with Crippen LogP contribution < -0.4 is 5.32 Å². The number of halogens is 1. The Hall–Kier alpha value is -0.530. The van der Waals surface area contributed by atoms with Gasteiger partial charge in [-0.05, 0) is 37.5 Å². The molecule has 120 valence electrons. The summed E-state index contributed by atoms with van der Waals surface area (Å²) in [4.78, 5) is 0. The van der Waals surface area contributed by atoms with Gasteiger partial charge in [0.2, 0.25) is 0 Å². The van der Waals surface area contributed by atoms with Gasteiger partial charge in [-0.25, -0.2) is 0 Å². The van der Waals surface area contributed by atoms with Crippen LogP contribution in [0.15, 0.2) is 24.3 Å². The molecule has 0 bridgehead atoms. The van der Waals surface area contributed by atoms with Crippen LogP contribution in [0.4, 0.5) is 0 Å². The van der Waals surface area contributed by atoms with E-state index in [1.54, 1.807) is 0 Å². The molecule has 0 radical (unpaired) electrons. The molecule has 0 fully saturated rings. The van der Waals surface area contributed by atoms with Gasteiger partial charge in [0.15, 0.2) is 0 Å². The van der Waals surface area contributed by atoms with Crippen LogP contribution in [0.25, 0.3) is 0 Å². The summed E-state index contributed by atoms with van der Waals surface area (Å²) < 4.78 is 0. The molecule has 0 spiro atoms. The van der Waals surface area contributed by atoms with E-state index in [1.165, 1.54) is 56.9 Å². The minimum Gasteiger partial charge on any atom is -0.307 e. The molecular formula is C19H32ClN. The molecular weight excluding hydrogens is 278 g/mol. The van der Waals surface area contributed by atoms with Gasteiger partial charge >= 0.3 is 0 Å². The summed E-state index contributed by atoms with van der Waals surface area (Å²) in [6, 6.07) is 9.28. The van der Waals surface area contributed by atoms with Gasteiger partial charge in [0.25, 0.3) is 0 Å². The van der Waals surface area contributed by atoms with Crippen LogP contribution in [-0.4, -0.2) is 6.04 Å². The summed E-state index contributed by atoms with van der Waals surface area (Å²) in [6.07, 6.45) is 10.6. The third kappa shape index (κ3) is 7.87. The Bertz CT molecular complexity index is 350. The first-order valence-corrected chi connectivity index (χ1v) is 9.06. The first-order chi connectivity index (χ1) is 10.2. The zero-order valence-corrected chi connectivity index (χ0v) is 14.8. The van der Waals surface area contributed by atoms with Crippen LogP contribution in [-0.2, 0) is 0 Å². The number of benzene rings is 1. The van der Waals surface area contributed by atoms with Gasteiger partial charge in [0.05, 0.1) is 0 Å². The van der Waals surface area contributed by atoms with Gasteiger partial charge in [-0.3, -0.25) is 0 Å². The average molecular weight is 310 g/mol. The monoisotopic (exact) mass is 309 g/mol. The zero-order chi connectivity index (χ0) is 15.5. The predicted molar refractivity (Wildman–Crippen MR) is 95.1 cm³/mol. The lowest BCUT2D eigenvalue weighted by Crippen LogP contribution is -2.31. The molecule has 1 aromatic rings. The molecule has 0 aliphatic heterocycles. The Morgan fingerprint density at radius 1 is 0.905 bits per heavy atom. The largest absolute Gasteiger partial charge is 0.307 e. The second-order valence-corrected chi connectivity index (χ2v) is 6.56. The molecule has 1 aromatic carbocycles. The molecule has 0 saturated heterocycles. The van der Waals surface area contributed by atoms with E-state index in [1.807, 2.05) is 12.1 Å². The standard InChI is InChI=1S/C19H32ClN/c1-4-6-8-10-19(11-9-7-5-2)21-16(3)17-12-14-18(20)15-13-17/h12-16,19,21H,4-11H2,1-3H3. The molecule has 0 aromatic heterocycles. The predicted octanol–water partition coefficient (Wildman–Crippen LogP) is 6.52. The van der Waals surface area contributed by atoms with Crippen molar-refractivity contribution in [1.82, 2.24) is 5.32 Å². The Balaban J connectivity index is 2.49. The lowest BCUT2D eigenvalue weighted by atomic mass is 9.99. The van der Waals surface area contributed by atoms with Gasteiger partial charge in [0, 0.05) is 17.1 Å². The fraction of sp³-hybridized carbons (Fsp3) is 0.684. The maximum Gasteiger partial charge on any atom is 0.0406 e. The molecule has 1 rings (SSSR count). The molecule has 1 unspecified atom stereocenters. The highest BCUT2D eigenvalue weighted by Crippen LogP contribution is 2.19. The average Bonchev–Trinajstić information content (AvgIpc) is 2.48. The molecule has 0 saturated carbocycles. The van der Waals surface area contributed by atoms with Crippen molar-refractivity contribution in [1.29, 1.82) is 0 Å². The molecule has 1 nitrogen and oxygen atoms in total. The Labute approximate surface area is 136 Å². The zero-order valence-electron chi connectivity index (χ0n) is 14.0. The van der Waals surface area contributed by atoms with Crippen molar-refractivity contribution in [3.63, 3.8) is 0 Å². The van der Waals surface area contributed by atoms with Gasteiger partial charge in [-0.2, -0.15) is 0 Å². The second kappa shape index (κ2) is 11.1. The maximum atomic E-state index is 5.97. The highest BCUT2D eigenvalue weighted by molar-refractivity contribution is 6.30. The number of nitrogens with one attached hydrogen (secondary N) is 1. The number of rotatable bonds is 11. The van der Waals surface area contributed by atoms with Crippen LogP contribution in [0.3, 0.4) is 0 Å². The maximum absolute atomic E-state index is 5.97. The lowest BCUT2D eigenvalue weighted by molar-refractivity contribution is 0.384.